The Morgan fingerprint density at radius 1 is 1.21 bits per heavy atom. The fraction of sp³-hybridized carbons (Fsp3) is 0.261. The number of hydrogen-bond donors (Lipinski definition) is 3. The number of amides is 1. The van der Waals surface area contributed by atoms with Crippen LogP contribution in [0.15, 0.2) is 45.7 Å². The first-order valence-electron chi connectivity index (χ1n) is 11.0. The van der Waals surface area contributed by atoms with Crippen molar-refractivity contribution >= 4 is 28.2 Å². The average molecular weight is 545 g/mol. The van der Waals surface area contributed by atoms with Crippen LogP contribution in [0.5, 0.6) is 17.2 Å². The van der Waals surface area contributed by atoms with E-state index in [1.165, 1.54) is 38.3 Å². The summed E-state index contributed by atoms with van der Waals surface area (Å²) in [6, 6.07) is 7.89. The molecule has 1 amide bonds. The Kier molecular flexibility index (Phi) is 8.20. The van der Waals surface area contributed by atoms with Gasteiger partial charge in [-0.2, -0.15) is 9.78 Å². The van der Waals surface area contributed by atoms with Gasteiger partial charge in [-0.1, -0.05) is 17.4 Å². The number of aliphatic hydroxyl groups is 1. The van der Waals surface area contributed by atoms with Crippen LogP contribution in [0.4, 0.5) is 10.9 Å². The third kappa shape index (κ3) is 5.44. The first-order chi connectivity index (χ1) is 18.4. The molecular weight excluding hydrogens is 520 g/mol. The van der Waals surface area contributed by atoms with Gasteiger partial charge in [0.05, 0.1) is 39.2 Å². The van der Waals surface area contributed by atoms with Crippen molar-refractivity contribution in [3.63, 3.8) is 0 Å². The number of ether oxygens (including phenoxy) is 4. The van der Waals surface area contributed by atoms with Gasteiger partial charge in [-0.3, -0.25) is 10.1 Å². The molecular formula is C23H24N6O8S. The number of carbonyl (C=O) groups is 1. The lowest BCUT2D eigenvalue weighted by Gasteiger charge is -2.20. The van der Waals surface area contributed by atoms with E-state index in [4.69, 9.17) is 29.1 Å². The van der Waals surface area contributed by atoms with Crippen molar-refractivity contribution in [2.45, 2.75) is 6.10 Å². The van der Waals surface area contributed by atoms with E-state index in [0.29, 0.717) is 28.0 Å². The van der Waals surface area contributed by atoms with Crippen LogP contribution >= 0.6 is 11.3 Å². The van der Waals surface area contributed by atoms with E-state index < -0.39 is 24.2 Å². The van der Waals surface area contributed by atoms with Gasteiger partial charge in [0.25, 0.3) is 5.91 Å². The van der Waals surface area contributed by atoms with Crippen molar-refractivity contribution in [2.24, 2.45) is 0 Å². The number of carbonyl (C=O) groups excluding carboxylic acids is 1. The van der Waals surface area contributed by atoms with E-state index in [0.717, 1.165) is 11.3 Å². The number of anilines is 2. The summed E-state index contributed by atoms with van der Waals surface area (Å²) in [7, 11) is 4.31. The summed E-state index contributed by atoms with van der Waals surface area (Å²) in [5.74, 6) is -0.394. The molecule has 3 aromatic heterocycles. The number of benzene rings is 1. The van der Waals surface area contributed by atoms with Crippen molar-refractivity contribution in [3.05, 3.63) is 52.7 Å². The number of aromatic nitrogens is 4. The maximum absolute atomic E-state index is 13.1. The minimum absolute atomic E-state index is 0.0131. The summed E-state index contributed by atoms with van der Waals surface area (Å²) in [6.07, 6.45) is 0.603. The minimum atomic E-state index is -0.975. The zero-order chi connectivity index (χ0) is 27.2. The normalized spacial score (nSPS) is 11.7. The van der Waals surface area contributed by atoms with Crippen LogP contribution in [-0.4, -0.2) is 71.6 Å². The summed E-state index contributed by atoms with van der Waals surface area (Å²) < 4.78 is 28.4. The van der Waals surface area contributed by atoms with Crippen LogP contribution in [0.1, 0.15) is 10.6 Å². The van der Waals surface area contributed by atoms with Gasteiger partial charge in [-0.25, -0.2) is 4.79 Å². The zero-order valence-corrected chi connectivity index (χ0v) is 21.4. The molecule has 200 valence electrons. The molecule has 4 N–H and O–H groups in total. The van der Waals surface area contributed by atoms with E-state index in [1.54, 1.807) is 24.3 Å². The lowest BCUT2D eigenvalue weighted by Crippen LogP contribution is -2.29. The molecule has 3 heterocycles. The molecule has 4 aromatic rings. The fourth-order valence-electron chi connectivity index (χ4n) is 3.47. The van der Waals surface area contributed by atoms with Gasteiger partial charge >= 0.3 is 5.63 Å². The van der Waals surface area contributed by atoms with Gasteiger partial charge in [-0.15, -0.1) is 10.2 Å². The van der Waals surface area contributed by atoms with E-state index in [-0.39, 0.29) is 28.8 Å². The second-order valence-corrected chi connectivity index (χ2v) is 8.52. The predicted molar refractivity (Wildman–Crippen MR) is 136 cm³/mol. The van der Waals surface area contributed by atoms with Crippen LogP contribution in [0.2, 0.25) is 0 Å². The molecule has 0 saturated heterocycles. The van der Waals surface area contributed by atoms with E-state index in [2.05, 4.69) is 20.6 Å². The number of nitrogen functional groups attached to an aromatic ring is 1. The maximum atomic E-state index is 13.1. The summed E-state index contributed by atoms with van der Waals surface area (Å²) >= 11 is 1.00. The molecule has 0 saturated carbocycles. The van der Waals surface area contributed by atoms with Gasteiger partial charge in [0.2, 0.25) is 16.0 Å². The first kappa shape index (κ1) is 26.6. The molecule has 15 heteroatoms. The molecule has 38 heavy (non-hydrogen) atoms. The highest BCUT2D eigenvalue weighted by Crippen LogP contribution is 2.42. The van der Waals surface area contributed by atoms with E-state index in [9.17, 15) is 14.7 Å². The third-order valence-corrected chi connectivity index (χ3v) is 5.97. The number of nitrogens with two attached hydrogens (primary N) is 1. The number of hydrogen-bond acceptors (Lipinski definition) is 13. The Hall–Kier alpha value is -4.47. The van der Waals surface area contributed by atoms with Gasteiger partial charge in [0.1, 0.15) is 23.4 Å². The van der Waals surface area contributed by atoms with Crippen LogP contribution in [-0.2, 0) is 4.74 Å². The van der Waals surface area contributed by atoms with Crippen molar-refractivity contribution in [2.75, 3.05) is 45.6 Å². The quantitative estimate of drug-likeness (QED) is 0.248. The molecule has 0 bridgehead atoms. The SMILES string of the molecule is COC[C@H](CO)Oc1c(-c2c(OC)cccc2OC)cc(C(=O)Nc2nnc(-n3nccc3N)s2)oc1=O. The number of rotatable bonds is 11. The highest BCUT2D eigenvalue weighted by molar-refractivity contribution is 7.17. The predicted octanol–water partition coefficient (Wildman–Crippen LogP) is 1.58. The van der Waals surface area contributed by atoms with Gasteiger partial charge < -0.3 is 34.2 Å². The third-order valence-electron chi connectivity index (χ3n) is 5.16. The lowest BCUT2D eigenvalue weighted by atomic mass is 10.0. The topological polar surface area (TPSA) is 186 Å². The Labute approximate surface area is 219 Å². The van der Waals surface area contributed by atoms with Crippen molar-refractivity contribution in [1.82, 2.24) is 20.0 Å². The Morgan fingerprint density at radius 2 is 1.95 bits per heavy atom. The largest absolute Gasteiger partial charge is 0.496 e. The molecule has 0 fully saturated rings. The van der Waals surface area contributed by atoms with Crippen LogP contribution < -0.4 is 30.9 Å². The molecule has 0 radical (unpaired) electrons. The zero-order valence-electron chi connectivity index (χ0n) is 20.5. The van der Waals surface area contributed by atoms with Crippen molar-refractivity contribution in [3.8, 4) is 33.5 Å². The average Bonchev–Trinajstić information content (AvgIpc) is 3.56. The molecule has 14 nitrogen and oxygen atoms in total. The number of nitrogens with zero attached hydrogens (tertiary/aromatic N) is 4. The molecule has 4 rings (SSSR count). The first-order valence-corrected chi connectivity index (χ1v) is 11.8. The molecule has 0 aliphatic heterocycles. The summed E-state index contributed by atoms with van der Waals surface area (Å²) in [5.41, 5.74) is 5.33. The second kappa shape index (κ2) is 11.7. The summed E-state index contributed by atoms with van der Waals surface area (Å²) in [4.78, 5) is 26.2. The molecule has 0 aliphatic carbocycles. The minimum Gasteiger partial charge on any atom is -0.496 e. The molecule has 0 unspecified atom stereocenters. The van der Waals surface area contributed by atoms with Crippen LogP contribution in [0.3, 0.4) is 0 Å². The lowest BCUT2D eigenvalue weighted by molar-refractivity contribution is 0.0393. The van der Waals surface area contributed by atoms with Crippen molar-refractivity contribution in [1.29, 1.82) is 0 Å². The molecule has 0 aliphatic rings. The maximum Gasteiger partial charge on any atom is 0.379 e. The summed E-state index contributed by atoms with van der Waals surface area (Å²) in [6.45, 7) is -0.459. The van der Waals surface area contributed by atoms with Gasteiger partial charge in [0.15, 0.2) is 5.76 Å². The number of nitrogens with one attached hydrogen (secondary N) is 1. The van der Waals surface area contributed by atoms with E-state index in [1.807, 2.05) is 0 Å². The Morgan fingerprint density at radius 3 is 2.55 bits per heavy atom. The Bertz CT molecular complexity index is 1460. The summed E-state index contributed by atoms with van der Waals surface area (Å²) in [5, 5.41) is 24.6. The monoisotopic (exact) mass is 544 g/mol. The highest BCUT2D eigenvalue weighted by Gasteiger charge is 2.26. The number of methoxy groups -OCH3 is 3. The molecule has 1 aromatic carbocycles. The van der Waals surface area contributed by atoms with Gasteiger partial charge in [-0.05, 0) is 18.2 Å². The van der Waals surface area contributed by atoms with Gasteiger partial charge in [0, 0.05) is 18.7 Å². The van der Waals surface area contributed by atoms with Crippen LogP contribution in [0.25, 0.3) is 16.3 Å². The smallest absolute Gasteiger partial charge is 0.379 e. The van der Waals surface area contributed by atoms with Crippen molar-refractivity contribution < 1.29 is 33.3 Å². The highest BCUT2D eigenvalue weighted by atomic mass is 32.1. The van der Waals surface area contributed by atoms with E-state index >= 15 is 0 Å². The fourth-order valence-corrected chi connectivity index (χ4v) is 4.19. The standard InChI is InChI=1S/C23H24N6O8S/c1-33-11-12(10-30)36-19-13(18-14(34-2)5-4-6-15(18)35-3)9-16(37-21(19)32)20(31)26-22-27-28-23(38-22)29-17(24)7-8-25-29/h4-9,12,30H,10-11,24H2,1-3H3,(H,26,27,31)/t12-/m0/s1. The van der Waals surface area contributed by atoms with Crippen LogP contribution in [0, 0.1) is 0 Å². The number of aliphatic hydroxyl groups excluding tert-OH is 1. The Balaban J connectivity index is 1.76. The molecule has 1 atom stereocenters. The molecule has 0 spiro atoms. The second-order valence-electron chi connectivity index (χ2n) is 7.57.